The summed E-state index contributed by atoms with van der Waals surface area (Å²) in [7, 11) is 0. The number of hydrogen-bond acceptors (Lipinski definition) is 4. The number of aryl methyl sites for hydroxylation is 1. The van der Waals surface area contributed by atoms with Gasteiger partial charge in [-0.05, 0) is 36.8 Å². The van der Waals surface area contributed by atoms with E-state index in [4.69, 9.17) is 5.84 Å². The Morgan fingerprint density at radius 2 is 2.15 bits per heavy atom. The number of aromatic nitrogens is 1. The number of amides is 1. The Balaban J connectivity index is 2.24. The fourth-order valence-electron chi connectivity index (χ4n) is 1.74. The SMILES string of the molecule is CCc1cc(C(=O)Nc2cccc(F)c2)cc(NN)n1. The minimum absolute atomic E-state index is 0.343. The maximum atomic E-state index is 13.1. The molecule has 4 N–H and O–H groups in total. The van der Waals surface area contributed by atoms with Crippen LogP contribution in [0, 0.1) is 5.82 Å². The zero-order valence-corrected chi connectivity index (χ0v) is 11.0. The first kappa shape index (κ1) is 14.0. The van der Waals surface area contributed by atoms with Crippen LogP contribution in [0.5, 0.6) is 0 Å². The molecule has 0 aliphatic carbocycles. The number of benzene rings is 1. The van der Waals surface area contributed by atoms with E-state index in [-0.39, 0.29) is 5.91 Å². The second kappa shape index (κ2) is 6.12. The number of nitrogens with two attached hydrogens (primary N) is 1. The summed E-state index contributed by atoms with van der Waals surface area (Å²) < 4.78 is 13.1. The zero-order valence-electron chi connectivity index (χ0n) is 11.0. The van der Waals surface area contributed by atoms with E-state index < -0.39 is 5.82 Å². The number of hydrazine groups is 1. The average Bonchev–Trinajstić information content (AvgIpc) is 2.46. The molecule has 2 rings (SSSR count). The Bertz CT molecular complexity index is 608. The Hall–Kier alpha value is -2.47. The van der Waals surface area contributed by atoms with E-state index in [1.54, 1.807) is 12.1 Å². The molecule has 0 aliphatic rings. The molecule has 5 nitrogen and oxygen atoms in total. The first-order chi connectivity index (χ1) is 9.62. The molecule has 2 aromatic rings. The highest BCUT2D eigenvalue weighted by Gasteiger charge is 2.10. The molecule has 6 heteroatoms. The van der Waals surface area contributed by atoms with Crippen LogP contribution in [0.25, 0.3) is 0 Å². The third-order valence-corrected chi connectivity index (χ3v) is 2.73. The second-order valence-corrected chi connectivity index (χ2v) is 4.19. The van der Waals surface area contributed by atoms with E-state index in [0.29, 0.717) is 23.5 Å². The number of nitrogens with zero attached hydrogens (tertiary/aromatic N) is 1. The van der Waals surface area contributed by atoms with E-state index in [1.165, 1.54) is 24.3 Å². The summed E-state index contributed by atoms with van der Waals surface area (Å²) >= 11 is 0. The van der Waals surface area contributed by atoms with Gasteiger partial charge in [0.1, 0.15) is 11.6 Å². The van der Waals surface area contributed by atoms with Gasteiger partial charge in [-0.15, -0.1) is 0 Å². The van der Waals surface area contributed by atoms with Gasteiger partial charge in [0.25, 0.3) is 5.91 Å². The van der Waals surface area contributed by atoms with Crippen LogP contribution in [0.4, 0.5) is 15.9 Å². The molecule has 0 saturated heterocycles. The lowest BCUT2D eigenvalue weighted by molar-refractivity contribution is 0.102. The Morgan fingerprint density at radius 1 is 1.35 bits per heavy atom. The van der Waals surface area contributed by atoms with Gasteiger partial charge in [0.2, 0.25) is 0 Å². The van der Waals surface area contributed by atoms with E-state index in [2.05, 4.69) is 15.7 Å². The number of hydrogen-bond donors (Lipinski definition) is 3. The number of carbonyl (C=O) groups is 1. The smallest absolute Gasteiger partial charge is 0.255 e. The molecule has 1 heterocycles. The molecular formula is C14H15FN4O. The van der Waals surface area contributed by atoms with Crippen LogP contribution in [0.2, 0.25) is 0 Å². The topological polar surface area (TPSA) is 80.0 Å². The van der Waals surface area contributed by atoms with Crippen molar-refractivity contribution in [3.8, 4) is 0 Å². The highest BCUT2D eigenvalue weighted by atomic mass is 19.1. The van der Waals surface area contributed by atoms with E-state index >= 15 is 0 Å². The number of pyridine rings is 1. The van der Waals surface area contributed by atoms with Crippen LogP contribution in [-0.2, 0) is 6.42 Å². The number of nitrogen functional groups attached to an aromatic ring is 1. The number of carbonyl (C=O) groups excluding carboxylic acids is 1. The van der Waals surface area contributed by atoms with Gasteiger partial charge < -0.3 is 10.7 Å². The van der Waals surface area contributed by atoms with Crippen molar-refractivity contribution >= 4 is 17.4 Å². The van der Waals surface area contributed by atoms with Gasteiger partial charge in [-0.3, -0.25) is 4.79 Å². The summed E-state index contributed by atoms with van der Waals surface area (Å²) in [4.78, 5) is 16.3. The molecule has 20 heavy (non-hydrogen) atoms. The van der Waals surface area contributed by atoms with Crippen molar-refractivity contribution in [2.75, 3.05) is 10.7 Å². The lowest BCUT2D eigenvalue weighted by Gasteiger charge is -2.08. The minimum atomic E-state index is -0.406. The summed E-state index contributed by atoms with van der Waals surface area (Å²) in [5, 5.41) is 2.63. The zero-order chi connectivity index (χ0) is 14.5. The molecule has 0 aliphatic heterocycles. The number of rotatable bonds is 4. The predicted octanol–water partition coefficient (Wildman–Crippen LogP) is 2.32. The van der Waals surface area contributed by atoms with Gasteiger partial charge in [0.15, 0.2) is 0 Å². The van der Waals surface area contributed by atoms with Crippen molar-refractivity contribution < 1.29 is 9.18 Å². The summed E-state index contributed by atoms with van der Waals surface area (Å²) in [6, 6.07) is 8.92. The van der Waals surface area contributed by atoms with Gasteiger partial charge in [0.05, 0.1) is 0 Å². The molecule has 0 radical (unpaired) electrons. The summed E-state index contributed by atoms with van der Waals surface area (Å²) in [5.41, 5.74) is 3.97. The highest BCUT2D eigenvalue weighted by Crippen LogP contribution is 2.14. The van der Waals surface area contributed by atoms with Crippen LogP contribution in [0.3, 0.4) is 0 Å². The van der Waals surface area contributed by atoms with Crippen molar-refractivity contribution in [3.05, 3.63) is 53.5 Å². The molecule has 1 amide bonds. The number of anilines is 2. The Kier molecular flexibility index (Phi) is 4.27. The van der Waals surface area contributed by atoms with Crippen LogP contribution >= 0.6 is 0 Å². The van der Waals surface area contributed by atoms with Crippen molar-refractivity contribution in [2.24, 2.45) is 5.84 Å². The molecule has 0 spiro atoms. The standard InChI is InChI=1S/C14H15FN4O/c1-2-11-6-9(7-13(17-11)19-16)14(20)18-12-5-3-4-10(15)8-12/h3-8H,2,16H2,1H3,(H,17,19)(H,18,20). The van der Waals surface area contributed by atoms with Crippen LogP contribution in [0.1, 0.15) is 23.0 Å². The predicted molar refractivity (Wildman–Crippen MR) is 75.8 cm³/mol. The maximum Gasteiger partial charge on any atom is 0.255 e. The molecule has 0 atom stereocenters. The minimum Gasteiger partial charge on any atom is -0.322 e. The molecule has 1 aromatic carbocycles. The molecule has 0 fully saturated rings. The van der Waals surface area contributed by atoms with Gasteiger partial charge in [0, 0.05) is 16.9 Å². The van der Waals surface area contributed by atoms with Crippen LogP contribution < -0.4 is 16.6 Å². The van der Waals surface area contributed by atoms with Gasteiger partial charge >= 0.3 is 0 Å². The second-order valence-electron chi connectivity index (χ2n) is 4.19. The van der Waals surface area contributed by atoms with E-state index in [9.17, 15) is 9.18 Å². The number of halogens is 1. The molecule has 0 unspecified atom stereocenters. The van der Waals surface area contributed by atoms with E-state index in [1.807, 2.05) is 6.92 Å². The molecule has 0 bridgehead atoms. The van der Waals surface area contributed by atoms with Crippen molar-refractivity contribution in [1.29, 1.82) is 0 Å². The van der Waals surface area contributed by atoms with Crippen LogP contribution in [-0.4, -0.2) is 10.9 Å². The van der Waals surface area contributed by atoms with Gasteiger partial charge in [-0.2, -0.15) is 0 Å². The highest BCUT2D eigenvalue weighted by molar-refractivity contribution is 6.04. The first-order valence-corrected chi connectivity index (χ1v) is 6.17. The molecule has 1 aromatic heterocycles. The van der Waals surface area contributed by atoms with Crippen molar-refractivity contribution in [3.63, 3.8) is 0 Å². The quantitative estimate of drug-likeness (QED) is 0.590. The first-order valence-electron chi connectivity index (χ1n) is 6.17. The lowest BCUT2D eigenvalue weighted by atomic mass is 10.1. The van der Waals surface area contributed by atoms with Crippen molar-refractivity contribution in [2.45, 2.75) is 13.3 Å². The van der Waals surface area contributed by atoms with Gasteiger partial charge in [-0.1, -0.05) is 13.0 Å². The molecular weight excluding hydrogens is 259 g/mol. The molecule has 0 saturated carbocycles. The maximum absolute atomic E-state index is 13.1. The normalized spacial score (nSPS) is 10.2. The largest absolute Gasteiger partial charge is 0.322 e. The van der Waals surface area contributed by atoms with E-state index in [0.717, 1.165) is 5.69 Å². The summed E-state index contributed by atoms with van der Waals surface area (Å²) in [6.07, 6.45) is 0.676. The monoisotopic (exact) mass is 274 g/mol. The third-order valence-electron chi connectivity index (χ3n) is 2.73. The fraction of sp³-hybridized carbons (Fsp3) is 0.143. The van der Waals surface area contributed by atoms with Crippen LogP contribution in [0.15, 0.2) is 36.4 Å². The molecule has 104 valence electrons. The fourth-order valence-corrected chi connectivity index (χ4v) is 1.74. The van der Waals surface area contributed by atoms with Gasteiger partial charge in [-0.25, -0.2) is 15.2 Å². The lowest BCUT2D eigenvalue weighted by Crippen LogP contribution is -2.15. The Labute approximate surface area is 116 Å². The Morgan fingerprint density at radius 3 is 2.80 bits per heavy atom. The average molecular weight is 274 g/mol. The summed E-state index contributed by atoms with van der Waals surface area (Å²) in [5.74, 6) is 4.98. The summed E-state index contributed by atoms with van der Waals surface area (Å²) in [6.45, 7) is 1.93. The number of nitrogens with one attached hydrogen (secondary N) is 2. The van der Waals surface area contributed by atoms with Crippen molar-refractivity contribution in [1.82, 2.24) is 4.98 Å². The third kappa shape index (κ3) is 3.30.